The highest BCUT2D eigenvalue weighted by Crippen LogP contribution is 2.36. The van der Waals surface area contributed by atoms with Crippen LogP contribution in [0.4, 0.5) is 20.6 Å². The third-order valence-corrected chi connectivity index (χ3v) is 4.52. The molecule has 140 valence electrons. The molecule has 1 fully saturated rings. The summed E-state index contributed by atoms with van der Waals surface area (Å²) in [4.78, 5) is 38.4. The summed E-state index contributed by atoms with van der Waals surface area (Å²) >= 11 is 0. The van der Waals surface area contributed by atoms with Crippen molar-refractivity contribution in [2.75, 3.05) is 29.4 Å². The van der Waals surface area contributed by atoms with E-state index >= 15 is 0 Å². The summed E-state index contributed by atoms with van der Waals surface area (Å²) < 4.78 is 19.9. The molecule has 2 heterocycles. The Labute approximate surface area is 151 Å². The molecule has 0 aromatic heterocycles. The summed E-state index contributed by atoms with van der Waals surface area (Å²) in [6.07, 6.45) is 0.125. The van der Waals surface area contributed by atoms with Gasteiger partial charge >= 0.3 is 6.09 Å². The summed E-state index contributed by atoms with van der Waals surface area (Å²) in [5.74, 6) is -0.785. The van der Waals surface area contributed by atoms with Crippen LogP contribution in [0.15, 0.2) is 12.1 Å². The molecule has 1 N–H and O–H groups in total. The number of halogens is 1. The molecule has 0 unspecified atom stereocenters. The lowest BCUT2D eigenvalue weighted by atomic mass is 10.1. The topological polar surface area (TPSA) is 79.0 Å². The van der Waals surface area contributed by atoms with Crippen molar-refractivity contribution in [3.8, 4) is 0 Å². The zero-order valence-corrected chi connectivity index (χ0v) is 14.9. The molecule has 0 aliphatic carbocycles. The molecular formula is C18H22FN3O4. The number of hydrogen-bond acceptors (Lipinski definition) is 4. The Morgan fingerprint density at radius 3 is 2.81 bits per heavy atom. The third-order valence-electron chi connectivity index (χ3n) is 4.52. The van der Waals surface area contributed by atoms with E-state index in [1.807, 2.05) is 6.92 Å². The maximum Gasteiger partial charge on any atom is 0.414 e. The molecule has 3 rings (SSSR count). The van der Waals surface area contributed by atoms with Gasteiger partial charge < -0.3 is 15.0 Å². The van der Waals surface area contributed by atoms with E-state index in [9.17, 15) is 18.8 Å². The number of nitrogens with zero attached hydrogens (tertiary/aromatic N) is 2. The number of carbonyl (C=O) groups is 3. The summed E-state index contributed by atoms with van der Waals surface area (Å²) in [5.41, 5.74) is 1.25. The number of benzene rings is 1. The first kappa shape index (κ1) is 18.2. The van der Waals surface area contributed by atoms with E-state index < -0.39 is 18.0 Å². The number of carbonyl (C=O) groups excluding carboxylic acids is 3. The van der Waals surface area contributed by atoms with Crippen molar-refractivity contribution in [1.82, 2.24) is 5.32 Å². The fraction of sp³-hybridized carbons (Fsp3) is 0.500. The van der Waals surface area contributed by atoms with Gasteiger partial charge in [0.15, 0.2) is 0 Å². The molecule has 8 heteroatoms. The lowest BCUT2D eigenvalue weighted by molar-refractivity contribution is -0.121. The number of rotatable bonds is 6. The van der Waals surface area contributed by atoms with Crippen molar-refractivity contribution < 1.29 is 23.5 Å². The normalized spacial score (nSPS) is 19.0. The standard InChI is InChI=1S/C18H22FN3O4/c1-3-5-21-16(24)7-11-6-12(8-14(19)17(11)21)22-10-13(26-18(22)25)9-20-15(23)4-2/h6,8,13H,3-5,7,9-10H2,1-2H3,(H,20,23)/t13-/m0/s1. The number of nitrogens with one attached hydrogen (secondary N) is 1. The lowest BCUT2D eigenvalue weighted by Gasteiger charge is -2.19. The molecule has 1 atom stereocenters. The van der Waals surface area contributed by atoms with Crippen molar-refractivity contribution in [2.45, 2.75) is 39.2 Å². The van der Waals surface area contributed by atoms with Gasteiger partial charge in [-0.15, -0.1) is 0 Å². The quantitative estimate of drug-likeness (QED) is 0.838. The van der Waals surface area contributed by atoms with Crippen LogP contribution in [0.5, 0.6) is 0 Å². The first-order valence-corrected chi connectivity index (χ1v) is 8.82. The van der Waals surface area contributed by atoms with Gasteiger partial charge in [0.2, 0.25) is 11.8 Å². The van der Waals surface area contributed by atoms with Gasteiger partial charge in [-0.2, -0.15) is 0 Å². The molecule has 0 radical (unpaired) electrons. The third kappa shape index (κ3) is 3.36. The van der Waals surface area contributed by atoms with Crippen LogP contribution in [0.1, 0.15) is 32.3 Å². The minimum atomic E-state index is -0.588. The van der Waals surface area contributed by atoms with Gasteiger partial charge in [0, 0.05) is 13.0 Å². The van der Waals surface area contributed by atoms with Crippen molar-refractivity contribution in [3.05, 3.63) is 23.5 Å². The second-order valence-electron chi connectivity index (χ2n) is 6.43. The summed E-state index contributed by atoms with van der Waals surface area (Å²) in [7, 11) is 0. The molecule has 26 heavy (non-hydrogen) atoms. The second-order valence-corrected chi connectivity index (χ2v) is 6.43. The van der Waals surface area contributed by atoms with E-state index in [-0.39, 0.29) is 31.3 Å². The Kier molecular flexibility index (Phi) is 5.11. The average Bonchev–Trinajstić information content (AvgIpc) is 3.13. The van der Waals surface area contributed by atoms with Crippen LogP contribution in [0.25, 0.3) is 0 Å². The van der Waals surface area contributed by atoms with Crippen molar-refractivity contribution >= 4 is 29.3 Å². The molecule has 0 saturated carbocycles. The molecule has 3 amide bonds. The predicted octanol–water partition coefficient (Wildman–Crippen LogP) is 1.98. The number of hydrogen-bond donors (Lipinski definition) is 1. The molecule has 1 aromatic rings. The fourth-order valence-corrected chi connectivity index (χ4v) is 3.27. The average molecular weight is 363 g/mol. The van der Waals surface area contributed by atoms with E-state index in [0.717, 1.165) is 6.42 Å². The Morgan fingerprint density at radius 1 is 1.35 bits per heavy atom. The van der Waals surface area contributed by atoms with Crippen LogP contribution in [0.2, 0.25) is 0 Å². The summed E-state index contributed by atoms with van der Waals surface area (Å²) in [6.45, 7) is 4.56. The zero-order valence-electron chi connectivity index (χ0n) is 14.9. The largest absolute Gasteiger partial charge is 0.442 e. The van der Waals surface area contributed by atoms with Crippen LogP contribution in [-0.2, 0) is 20.7 Å². The number of fused-ring (bicyclic) bond motifs is 1. The van der Waals surface area contributed by atoms with Gasteiger partial charge in [-0.05, 0) is 24.1 Å². The first-order valence-electron chi connectivity index (χ1n) is 8.82. The summed E-state index contributed by atoms with van der Waals surface area (Å²) in [6, 6.07) is 2.93. The van der Waals surface area contributed by atoms with Crippen LogP contribution in [-0.4, -0.2) is 43.6 Å². The molecule has 1 aromatic carbocycles. The second kappa shape index (κ2) is 7.31. The van der Waals surface area contributed by atoms with Crippen molar-refractivity contribution in [1.29, 1.82) is 0 Å². The molecule has 0 bridgehead atoms. The van der Waals surface area contributed by atoms with E-state index in [1.54, 1.807) is 13.0 Å². The molecule has 0 spiro atoms. The Morgan fingerprint density at radius 2 is 2.12 bits per heavy atom. The minimum Gasteiger partial charge on any atom is -0.442 e. The number of ether oxygens (including phenoxy) is 1. The van der Waals surface area contributed by atoms with Crippen molar-refractivity contribution in [2.24, 2.45) is 0 Å². The Bertz CT molecular complexity index is 752. The highest BCUT2D eigenvalue weighted by atomic mass is 19.1. The maximum absolute atomic E-state index is 14.6. The number of amides is 3. The van der Waals surface area contributed by atoms with Crippen LogP contribution < -0.4 is 15.1 Å². The molecule has 1 saturated heterocycles. The monoisotopic (exact) mass is 363 g/mol. The minimum absolute atomic E-state index is 0.124. The van der Waals surface area contributed by atoms with Crippen LogP contribution in [0, 0.1) is 5.82 Å². The smallest absolute Gasteiger partial charge is 0.414 e. The van der Waals surface area contributed by atoms with Gasteiger partial charge in [-0.25, -0.2) is 9.18 Å². The van der Waals surface area contributed by atoms with Gasteiger partial charge in [0.05, 0.1) is 30.9 Å². The lowest BCUT2D eigenvalue weighted by Crippen LogP contribution is -2.34. The van der Waals surface area contributed by atoms with E-state index in [0.29, 0.717) is 29.9 Å². The first-order chi connectivity index (χ1) is 12.4. The van der Waals surface area contributed by atoms with Crippen LogP contribution >= 0.6 is 0 Å². The van der Waals surface area contributed by atoms with E-state index in [2.05, 4.69) is 5.32 Å². The summed E-state index contributed by atoms with van der Waals surface area (Å²) in [5, 5.41) is 2.68. The van der Waals surface area contributed by atoms with Gasteiger partial charge in [-0.1, -0.05) is 13.8 Å². The van der Waals surface area contributed by atoms with Gasteiger partial charge in [0.1, 0.15) is 11.9 Å². The van der Waals surface area contributed by atoms with Crippen molar-refractivity contribution in [3.63, 3.8) is 0 Å². The Hall–Kier alpha value is -2.64. The molecule has 2 aliphatic heterocycles. The van der Waals surface area contributed by atoms with E-state index in [1.165, 1.54) is 15.9 Å². The molecule has 2 aliphatic rings. The molecular weight excluding hydrogens is 341 g/mol. The highest BCUT2D eigenvalue weighted by Gasteiger charge is 2.35. The zero-order chi connectivity index (χ0) is 18.8. The number of anilines is 2. The SMILES string of the molecule is CCCN1C(=O)Cc2cc(N3C[C@H](CNC(=O)CC)OC3=O)cc(F)c21. The van der Waals surface area contributed by atoms with E-state index in [4.69, 9.17) is 4.74 Å². The Balaban J connectivity index is 1.78. The highest BCUT2D eigenvalue weighted by molar-refractivity contribution is 6.02. The number of cyclic esters (lactones) is 1. The predicted molar refractivity (Wildman–Crippen MR) is 93.7 cm³/mol. The van der Waals surface area contributed by atoms with Gasteiger partial charge in [0.25, 0.3) is 0 Å². The fourth-order valence-electron chi connectivity index (χ4n) is 3.27. The molecule has 7 nitrogen and oxygen atoms in total. The van der Waals surface area contributed by atoms with Gasteiger partial charge in [-0.3, -0.25) is 14.5 Å². The van der Waals surface area contributed by atoms with Crippen LogP contribution in [0.3, 0.4) is 0 Å². The maximum atomic E-state index is 14.6.